The molecule has 3 unspecified atom stereocenters. The Morgan fingerprint density at radius 3 is 3.00 bits per heavy atom. The van der Waals surface area contributed by atoms with E-state index in [1.54, 1.807) is 0 Å². The number of amides is 1. The number of hydrogen-bond acceptors (Lipinski definition) is 4. The summed E-state index contributed by atoms with van der Waals surface area (Å²) >= 11 is 0. The molecule has 2 bridgehead atoms. The SMILES string of the molecule is Cc1nc(-c2cccc(NC(=O)C3CC4CCC3O4)c2)n[nH]1. The Morgan fingerprint density at radius 2 is 2.32 bits per heavy atom. The highest BCUT2D eigenvalue weighted by Crippen LogP contribution is 2.39. The normalized spacial score (nSPS) is 26.3. The number of nitrogens with one attached hydrogen (secondary N) is 2. The van der Waals surface area contributed by atoms with E-state index in [9.17, 15) is 4.79 Å². The van der Waals surface area contributed by atoms with Crippen LogP contribution in [-0.2, 0) is 9.53 Å². The topological polar surface area (TPSA) is 79.9 Å². The first-order valence-electron chi connectivity index (χ1n) is 7.65. The molecule has 2 aliphatic rings. The maximum atomic E-state index is 12.4. The minimum atomic E-state index is -0.0202. The smallest absolute Gasteiger partial charge is 0.230 e. The number of H-pyrrole nitrogens is 1. The number of aromatic nitrogens is 3. The maximum absolute atomic E-state index is 12.4. The molecule has 3 heterocycles. The molecular weight excluding hydrogens is 280 g/mol. The van der Waals surface area contributed by atoms with Gasteiger partial charge in [0.05, 0.1) is 18.1 Å². The van der Waals surface area contributed by atoms with Gasteiger partial charge in [-0.25, -0.2) is 4.98 Å². The molecule has 6 heteroatoms. The second kappa shape index (κ2) is 5.21. The van der Waals surface area contributed by atoms with Gasteiger partial charge in [-0.3, -0.25) is 9.89 Å². The summed E-state index contributed by atoms with van der Waals surface area (Å²) in [5.74, 6) is 1.43. The third-order valence-electron chi connectivity index (χ3n) is 4.43. The van der Waals surface area contributed by atoms with E-state index >= 15 is 0 Å². The number of aryl methyl sites for hydroxylation is 1. The van der Waals surface area contributed by atoms with Gasteiger partial charge in [0.25, 0.3) is 0 Å². The highest BCUT2D eigenvalue weighted by atomic mass is 16.5. The lowest BCUT2D eigenvalue weighted by Gasteiger charge is -2.18. The Kier molecular flexibility index (Phi) is 3.18. The first kappa shape index (κ1) is 13.5. The van der Waals surface area contributed by atoms with Crippen molar-refractivity contribution in [3.63, 3.8) is 0 Å². The Morgan fingerprint density at radius 1 is 1.41 bits per heavy atom. The highest BCUT2D eigenvalue weighted by molar-refractivity contribution is 5.93. The Hall–Kier alpha value is -2.21. The molecule has 3 atom stereocenters. The van der Waals surface area contributed by atoms with Crippen molar-refractivity contribution >= 4 is 11.6 Å². The summed E-state index contributed by atoms with van der Waals surface area (Å²) in [4.78, 5) is 16.7. The van der Waals surface area contributed by atoms with Gasteiger partial charge >= 0.3 is 0 Å². The second-order valence-corrected chi connectivity index (χ2v) is 6.03. The number of ether oxygens (including phenoxy) is 1. The zero-order chi connectivity index (χ0) is 15.1. The fraction of sp³-hybridized carbons (Fsp3) is 0.438. The third kappa shape index (κ3) is 2.39. The zero-order valence-corrected chi connectivity index (χ0v) is 12.4. The van der Waals surface area contributed by atoms with Gasteiger partial charge in [0.2, 0.25) is 5.91 Å². The summed E-state index contributed by atoms with van der Waals surface area (Å²) in [7, 11) is 0. The van der Waals surface area contributed by atoms with Gasteiger partial charge in [-0.15, -0.1) is 0 Å². The van der Waals surface area contributed by atoms with Crippen molar-refractivity contribution in [1.82, 2.24) is 15.2 Å². The number of rotatable bonds is 3. The van der Waals surface area contributed by atoms with Gasteiger partial charge in [0.15, 0.2) is 5.82 Å². The number of carbonyl (C=O) groups is 1. The number of hydrogen-bond donors (Lipinski definition) is 2. The Balaban J connectivity index is 1.50. The molecule has 1 amide bonds. The van der Waals surface area contributed by atoms with Crippen LogP contribution in [0.5, 0.6) is 0 Å². The van der Waals surface area contributed by atoms with Crippen LogP contribution in [0.4, 0.5) is 5.69 Å². The average molecular weight is 298 g/mol. The minimum absolute atomic E-state index is 0.0202. The van der Waals surface area contributed by atoms with E-state index < -0.39 is 0 Å². The molecule has 2 aromatic rings. The van der Waals surface area contributed by atoms with E-state index in [1.807, 2.05) is 31.2 Å². The van der Waals surface area contributed by atoms with E-state index in [4.69, 9.17) is 4.74 Å². The van der Waals surface area contributed by atoms with Crippen LogP contribution < -0.4 is 5.32 Å². The Bertz CT molecular complexity index is 712. The number of nitrogens with zero attached hydrogens (tertiary/aromatic N) is 2. The van der Waals surface area contributed by atoms with Crippen LogP contribution in [0.3, 0.4) is 0 Å². The van der Waals surface area contributed by atoms with Gasteiger partial charge in [-0.1, -0.05) is 12.1 Å². The van der Waals surface area contributed by atoms with Gasteiger partial charge in [0, 0.05) is 11.3 Å². The van der Waals surface area contributed by atoms with Crippen LogP contribution in [0.15, 0.2) is 24.3 Å². The molecule has 1 aromatic carbocycles. The predicted octanol–water partition coefficient (Wildman–Crippen LogP) is 2.29. The second-order valence-electron chi connectivity index (χ2n) is 6.03. The molecule has 6 nitrogen and oxygen atoms in total. The number of aromatic amines is 1. The van der Waals surface area contributed by atoms with E-state index in [1.165, 1.54) is 0 Å². The monoisotopic (exact) mass is 298 g/mol. The first-order chi connectivity index (χ1) is 10.7. The molecule has 2 N–H and O–H groups in total. The summed E-state index contributed by atoms with van der Waals surface area (Å²) in [6, 6.07) is 7.61. The lowest BCUT2D eigenvalue weighted by molar-refractivity contribution is -0.121. The average Bonchev–Trinajstić information content (AvgIpc) is 3.23. The van der Waals surface area contributed by atoms with Crippen molar-refractivity contribution in [2.45, 2.75) is 38.4 Å². The molecule has 2 aliphatic heterocycles. The van der Waals surface area contributed by atoms with Crippen molar-refractivity contribution in [2.24, 2.45) is 5.92 Å². The van der Waals surface area contributed by atoms with Crippen molar-refractivity contribution in [3.05, 3.63) is 30.1 Å². The maximum Gasteiger partial charge on any atom is 0.230 e. The Labute approximate surface area is 128 Å². The summed E-state index contributed by atoms with van der Waals surface area (Å²) in [5.41, 5.74) is 1.65. The highest BCUT2D eigenvalue weighted by Gasteiger charge is 2.44. The number of carbonyl (C=O) groups excluding carboxylic acids is 1. The number of anilines is 1. The summed E-state index contributed by atoms with van der Waals surface area (Å²) in [5, 5.41) is 9.97. The molecule has 114 valence electrons. The van der Waals surface area contributed by atoms with E-state index in [0.717, 1.165) is 36.3 Å². The van der Waals surface area contributed by atoms with Crippen molar-refractivity contribution < 1.29 is 9.53 Å². The van der Waals surface area contributed by atoms with E-state index in [2.05, 4.69) is 20.5 Å². The van der Waals surface area contributed by atoms with Gasteiger partial charge in [-0.2, -0.15) is 5.10 Å². The predicted molar refractivity (Wildman–Crippen MR) is 81.2 cm³/mol. The number of benzene rings is 1. The standard InChI is InChI=1S/C16H18N4O2/c1-9-17-15(20-19-9)10-3-2-4-11(7-10)18-16(21)13-8-12-5-6-14(13)22-12/h2-4,7,12-14H,5-6,8H2,1H3,(H,18,21)(H,17,19,20). The molecule has 4 rings (SSSR count). The first-order valence-corrected chi connectivity index (χ1v) is 7.65. The zero-order valence-electron chi connectivity index (χ0n) is 12.4. The van der Waals surface area contributed by atoms with E-state index in [-0.39, 0.29) is 24.0 Å². The summed E-state index contributed by atoms with van der Waals surface area (Å²) in [6.07, 6.45) is 3.32. The number of fused-ring (bicyclic) bond motifs is 2. The largest absolute Gasteiger partial charge is 0.374 e. The van der Waals surface area contributed by atoms with Crippen molar-refractivity contribution in [1.29, 1.82) is 0 Å². The van der Waals surface area contributed by atoms with Crippen LogP contribution in [0.2, 0.25) is 0 Å². The van der Waals surface area contributed by atoms with Crippen LogP contribution in [0.25, 0.3) is 11.4 Å². The summed E-state index contributed by atoms with van der Waals surface area (Å²) in [6.45, 7) is 1.86. The molecule has 0 radical (unpaired) electrons. The third-order valence-corrected chi connectivity index (χ3v) is 4.43. The molecule has 22 heavy (non-hydrogen) atoms. The van der Waals surface area contributed by atoms with Crippen LogP contribution in [0, 0.1) is 12.8 Å². The lowest BCUT2D eigenvalue weighted by atomic mass is 9.88. The fourth-order valence-corrected chi connectivity index (χ4v) is 3.36. The van der Waals surface area contributed by atoms with Crippen molar-refractivity contribution in [2.75, 3.05) is 5.32 Å². The molecule has 0 aliphatic carbocycles. The fourth-order valence-electron chi connectivity index (χ4n) is 3.36. The van der Waals surface area contributed by atoms with Crippen molar-refractivity contribution in [3.8, 4) is 11.4 Å². The lowest BCUT2D eigenvalue weighted by Crippen LogP contribution is -2.30. The molecule has 1 aromatic heterocycles. The molecular formula is C16H18N4O2. The quantitative estimate of drug-likeness (QED) is 0.911. The van der Waals surface area contributed by atoms with Gasteiger partial charge in [0.1, 0.15) is 5.82 Å². The van der Waals surface area contributed by atoms with Crippen LogP contribution in [-0.4, -0.2) is 33.3 Å². The molecule has 0 spiro atoms. The molecule has 2 fully saturated rings. The minimum Gasteiger partial charge on any atom is -0.374 e. The van der Waals surface area contributed by atoms with Gasteiger partial charge in [-0.05, 0) is 38.3 Å². The van der Waals surface area contributed by atoms with E-state index in [0.29, 0.717) is 5.82 Å². The molecule has 2 saturated heterocycles. The van der Waals surface area contributed by atoms with Gasteiger partial charge < -0.3 is 10.1 Å². The van der Waals surface area contributed by atoms with Crippen LogP contribution in [0.1, 0.15) is 25.1 Å². The van der Waals surface area contributed by atoms with Crippen LogP contribution >= 0.6 is 0 Å². The molecule has 0 saturated carbocycles. The summed E-state index contributed by atoms with van der Waals surface area (Å²) < 4.78 is 5.75.